The third kappa shape index (κ3) is 58.9. The normalized spacial score (nSPS) is 10.3. The van der Waals surface area contributed by atoms with E-state index < -0.39 is 29.5 Å². The van der Waals surface area contributed by atoms with Crippen LogP contribution in [-0.4, -0.2) is 242 Å². The fourth-order valence-corrected chi connectivity index (χ4v) is 5.59. The minimum Gasteiger partial charge on any atom is -0.465 e. The molecule has 0 aliphatic rings. The molecule has 484 valence electrons. The van der Waals surface area contributed by atoms with Crippen LogP contribution in [0.5, 0.6) is 0 Å². The Morgan fingerprint density at radius 2 is 0.560 bits per heavy atom. The summed E-state index contributed by atoms with van der Waals surface area (Å²) < 4.78 is 20.2. The zero-order valence-electron chi connectivity index (χ0n) is 51.7. The molecule has 0 rings (SSSR count). The van der Waals surface area contributed by atoms with Crippen LogP contribution >= 0.6 is 0 Å². The largest absolute Gasteiger partial charge is 0.465 e. The van der Waals surface area contributed by atoms with Gasteiger partial charge in [-0.2, -0.15) is 0 Å². The maximum Gasteiger partial charge on any atom is 0.406 e. The SMILES string of the molecule is CC(=O)CCN(CNC(C)=O)CNC(C)=O.CC(=O)NCCN(CCNC(C)=O)CCNC(C)=O.CC(=O)NCN(CCN(CNC(C)=O)CNC(C)=O)CNC(C)=O.CCC(=O)OCC(COC(=O)CC)(COC(=O)NC)COC(=O)NC. The molecule has 0 spiro atoms. The van der Waals surface area contributed by atoms with E-state index >= 15 is 0 Å². The van der Waals surface area contributed by atoms with E-state index in [1.165, 1.54) is 83.3 Å². The number of nitrogens with one attached hydrogen (secondary N) is 11. The van der Waals surface area contributed by atoms with Gasteiger partial charge in [-0.05, 0) is 6.92 Å². The quantitative estimate of drug-likeness (QED) is 0.0165. The number of hydrogen-bond donors (Lipinski definition) is 11. The van der Waals surface area contributed by atoms with Gasteiger partial charge in [-0.25, -0.2) is 9.59 Å². The molecule has 0 heterocycles. The number of esters is 2. The molecule has 11 N–H and O–H groups in total. The van der Waals surface area contributed by atoms with Gasteiger partial charge in [-0.3, -0.25) is 77.1 Å². The van der Waals surface area contributed by atoms with Gasteiger partial charge in [0, 0.05) is 155 Å². The highest BCUT2D eigenvalue weighted by Gasteiger charge is 2.38. The van der Waals surface area contributed by atoms with Crippen LogP contribution in [0.2, 0.25) is 0 Å². The van der Waals surface area contributed by atoms with Gasteiger partial charge in [-0.15, -0.1) is 0 Å². The summed E-state index contributed by atoms with van der Waals surface area (Å²) in [5.74, 6) is -2.07. The van der Waals surface area contributed by atoms with Crippen molar-refractivity contribution in [3.05, 3.63) is 0 Å². The predicted molar refractivity (Wildman–Crippen MR) is 306 cm³/mol. The van der Waals surface area contributed by atoms with Crippen LogP contribution in [0.3, 0.4) is 0 Å². The van der Waals surface area contributed by atoms with Crippen molar-refractivity contribution in [1.29, 1.82) is 0 Å². The topological polar surface area (TPSA) is 421 Å². The monoisotopic (exact) mass is 1210 g/mol. The predicted octanol–water partition coefficient (Wildman–Crippen LogP) is -3.29. The highest BCUT2D eigenvalue weighted by atomic mass is 16.6. The lowest BCUT2D eigenvalue weighted by atomic mass is 9.92. The average molecular weight is 1210 g/mol. The molecule has 0 saturated heterocycles. The Balaban J connectivity index is -0.000000515. The van der Waals surface area contributed by atoms with Crippen molar-refractivity contribution in [2.45, 2.75) is 102 Å². The third-order valence-corrected chi connectivity index (χ3v) is 10.3. The van der Waals surface area contributed by atoms with Gasteiger partial charge < -0.3 is 77.4 Å². The Bertz CT molecular complexity index is 1780. The lowest BCUT2D eigenvalue weighted by Gasteiger charge is -2.31. The maximum absolute atomic E-state index is 11.5. The number of hydrogen-bond acceptors (Lipinski definition) is 22. The number of ether oxygens (including phenoxy) is 4. The van der Waals surface area contributed by atoms with Crippen LogP contribution in [-0.2, 0) is 76.5 Å². The second-order valence-electron chi connectivity index (χ2n) is 18.5. The Kier molecular flexibility index (Phi) is 51.2. The number of carbonyl (C=O) groups excluding carboxylic acids is 14. The van der Waals surface area contributed by atoms with E-state index in [1.54, 1.807) is 18.7 Å². The van der Waals surface area contributed by atoms with Gasteiger partial charge in [0.25, 0.3) is 0 Å². The maximum atomic E-state index is 11.5. The van der Waals surface area contributed by atoms with Gasteiger partial charge in [0.15, 0.2) is 0 Å². The summed E-state index contributed by atoms with van der Waals surface area (Å²) in [4.78, 5) is 162. The highest BCUT2D eigenvalue weighted by Crippen LogP contribution is 2.22. The van der Waals surface area contributed by atoms with Crippen LogP contribution in [0.25, 0.3) is 0 Å². The number of nitrogens with zero attached hydrogens (tertiary/aromatic N) is 4. The van der Waals surface area contributed by atoms with Crippen molar-refractivity contribution in [3.63, 3.8) is 0 Å². The van der Waals surface area contributed by atoms with Gasteiger partial charge >= 0.3 is 24.1 Å². The zero-order chi connectivity index (χ0) is 65.1. The van der Waals surface area contributed by atoms with Crippen LogP contribution < -0.4 is 58.5 Å². The molecule has 0 fully saturated rings. The minimum absolute atomic E-state index is 0.0660. The van der Waals surface area contributed by atoms with Gasteiger partial charge in [-0.1, -0.05) is 13.8 Å². The fraction of sp³-hybridized carbons (Fsp3) is 0.725. The Morgan fingerprint density at radius 1 is 0.321 bits per heavy atom. The molecule has 0 aromatic rings. The number of alkyl carbamates (subject to hydrolysis) is 2. The fourth-order valence-electron chi connectivity index (χ4n) is 5.59. The molecule has 0 aromatic heterocycles. The van der Waals surface area contributed by atoms with Crippen molar-refractivity contribution in [2.24, 2.45) is 5.41 Å². The van der Waals surface area contributed by atoms with Crippen LogP contribution in [0.1, 0.15) is 102 Å². The van der Waals surface area contributed by atoms with Gasteiger partial charge in [0.05, 0.1) is 40.0 Å². The van der Waals surface area contributed by atoms with Crippen molar-refractivity contribution < 1.29 is 86.1 Å². The molecule has 0 radical (unpaired) electrons. The molecule has 11 amide bonds. The number of ketones is 1. The standard InChI is InChI=1S/C15H26N2O8.C14H28N6O4.C12H24N4O3.C10H19N3O3/c1-5-11(18)22-7-15(8-23-12(19)6-2,9-24-13(20)16-3)10-25-14(21)17-4;1-11(21)15-7-19(8-16-12(2)22)5-6-20(9-17-13(3)23)10-18-14(4)24;1-10(17)13-4-7-16(8-5-14-11(2)18)9-6-15-12(3)19;1-8(14)4-5-13(6-11-9(2)15)7-12-10(3)16/h5-10H2,1-4H3,(H,16,20)(H,17,21);5-10H2,1-4H3,(H,15,21)(H,16,22)(H,17,23)(H,18,24);4-9H2,1-3H3,(H,13,17)(H,14,18)(H,15,19);4-7H2,1-3H3,(H,11,15)(H,12,16). The zero-order valence-corrected chi connectivity index (χ0v) is 51.7. The average Bonchev–Trinajstić information content (AvgIpc) is 3.51. The molecule has 33 heteroatoms. The van der Waals surface area contributed by atoms with E-state index in [0.717, 1.165) is 0 Å². The second-order valence-corrected chi connectivity index (χ2v) is 18.5. The molecule has 0 bridgehead atoms. The van der Waals surface area contributed by atoms with Crippen LogP contribution in [0, 0.1) is 5.41 Å². The number of amides is 11. The second kappa shape index (κ2) is 52.1. The first-order valence-corrected chi connectivity index (χ1v) is 26.9. The molecule has 0 aliphatic heterocycles. The van der Waals surface area contributed by atoms with E-state index in [-0.39, 0.29) is 125 Å². The molecule has 0 saturated carbocycles. The number of carbonyl (C=O) groups is 14. The summed E-state index contributed by atoms with van der Waals surface area (Å²) in [6, 6.07) is 0. The summed E-state index contributed by atoms with van der Waals surface area (Å²) in [6.07, 6.45) is -0.783. The smallest absolute Gasteiger partial charge is 0.406 e. The molecule has 0 unspecified atom stereocenters. The molecule has 0 atom stereocenters. The summed E-state index contributed by atoms with van der Waals surface area (Å²) in [6.45, 7) is 23.5. The Hall–Kier alpha value is -7.78. The van der Waals surface area contributed by atoms with Crippen LogP contribution in [0.4, 0.5) is 9.59 Å². The summed E-state index contributed by atoms with van der Waals surface area (Å²) >= 11 is 0. The summed E-state index contributed by atoms with van der Waals surface area (Å²) in [7, 11) is 2.75. The third-order valence-electron chi connectivity index (χ3n) is 10.3. The van der Waals surface area contributed by atoms with E-state index in [2.05, 4.69) is 63.4 Å². The first kappa shape index (κ1) is 82.7. The Morgan fingerprint density at radius 3 is 0.774 bits per heavy atom. The van der Waals surface area contributed by atoms with Crippen molar-refractivity contribution >= 4 is 83.1 Å². The molecule has 84 heavy (non-hydrogen) atoms. The van der Waals surface area contributed by atoms with Crippen molar-refractivity contribution in [2.75, 3.05) is 139 Å². The molecule has 0 aromatic carbocycles. The first-order chi connectivity index (χ1) is 39.3. The Labute approximate surface area is 493 Å². The van der Waals surface area contributed by atoms with Crippen LogP contribution in [0.15, 0.2) is 0 Å². The number of rotatable bonds is 37. The summed E-state index contributed by atoms with van der Waals surface area (Å²) in [5, 5.41) is 28.6. The lowest BCUT2D eigenvalue weighted by molar-refractivity contribution is -0.159. The number of Topliss-reactive ketones (excluding diaryl/α,β-unsaturated/α-hetero) is 1. The van der Waals surface area contributed by atoms with Crippen molar-refractivity contribution in [1.82, 2.24) is 78.1 Å². The van der Waals surface area contributed by atoms with E-state index in [1.807, 2.05) is 9.80 Å². The van der Waals surface area contributed by atoms with Crippen molar-refractivity contribution in [3.8, 4) is 0 Å². The highest BCUT2D eigenvalue weighted by molar-refractivity contribution is 5.77. The van der Waals surface area contributed by atoms with E-state index in [0.29, 0.717) is 78.7 Å². The van der Waals surface area contributed by atoms with Gasteiger partial charge in [0.2, 0.25) is 53.2 Å². The molecule has 0 aliphatic carbocycles. The molecule has 33 nitrogen and oxygen atoms in total. The molecular formula is C51H97N15O18. The summed E-state index contributed by atoms with van der Waals surface area (Å²) in [5.41, 5.74) is -1.23. The lowest BCUT2D eigenvalue weighted by Crippen LogP contribution is -2.49. The minimum atomic E-state index is -1.23. The van der Waals surface area contributed by atoms with Gasteiger partial charge in [0.1, 0.15) is 37.6 Å². The van der Waals surface area contributed by atoms with E-state index in [9.17, 15) is 67.1 Å². The first-order valence-electron chi connectivity index (χ1n) is 26.9. The van der Waals surface area contributed by atoms with E-state index in [4.69, 9.17) is 18.9 Å². The molecular weight excluding hydrogens is 1110 g/mol.